The number of nitrogens with one attached hydrogen (secondary N) is 3. The number of H-pyrrole nitrogens is 1. The predicted molar refractivity (Wildman–Crippen MR) is 126 cm³/mol. The molecule has 0 aliphatic carbocycles. The van der Waals surface area contributed by atoms with Crippen LogP contribution in [0.15, 0.2) is 54.6 Å². The number of aromatic amines is 1. The molecular formula is C23H21ClN4O2S. The maximum Gasteiger partial charge on any atom is 0.265 e. The third-order valence-corrected chi connectivity index (χ3v) is 6.11. The van der Waals surface area contributed by atoms with Crippen LogP contribution in [0.4, 0.5) is 11.5 Å². The van der Waals surface area contributed by atoms with Crippen LogP contribution in [-0.2, 0) is 5.41 Å². The molecule has 0 saturated heterocycles. The van der Waals surface area contributed by atoms with E-state index in [1.807, 2.05) is 24.3 Å². The van der Waals surface area contributed by atoms with Crippen molar-refractivity contribution in [3.63, 3.8) is 0 Å². The van der Waals surface area contributed by atoms with E-state index in [1.165, 1.54) is 11.3 Å². The lowest BCUT2D eigenvalue weighted by molar-refractivity contribution is 0.102. The fourth-order valence-corrected chi connectivity index (χ4v) is 4.07. The molecule has 4 rings (SSSR count). The zero-order chi connectivity index (χ0) is 22.2. The van der Waals surface area contributed by atoms with Gasteiger partial charge in [-0.25, -0.2) is 0 Å². The van der Waals surface area contributed by atoms with Crippen LogP contribution in [0, 0.1) is 0 Å². The van der Waals surface area contributed by atoms with E-state index >= 15 is 0 Å². The summed E-state index contributed by atoms with van der Waals surface area (Å²) in [6, 6.07) is 16.1. The maximum absolute atomic E-state index is 12.7. The number of anilines is 2. The van der Waals surface area contributed by atoms with Gasteiger partial charge in [-0.2, -0.15) is 5.10 Å². The van der Waals surface area contributed by atoms with E-state index in [4.69, 9.17) is 11.6 Å². The highest BCUT2D eigenvalue weighted by molar-refractivity contribution is 7.20. The number of carbonyl (C=O) groups is 2. The fourth-order valence-electron chi connectivity index (χ4n) is 3.05. The summed E-state index contributed by atoms with van der Waals surface area (Å²) in [5.41, 5.74) is 2.37. The molecule has 6 nitrogen and oxygen atoms in total. The third-order valence-electron chi connectivity index (χ3n) is 4.83. The van der Waals surface area contributed by atoms with Gasteiger partial charge in [0.2, 0.25) is 0 Å². The summed E-state index contributed by atoms with van der Waals surface area (Å²) in [4.78, 5) is 26.4. The quantitative estimate of drug-likeness (QED) is 0.350. The Labute approximate surface area is 188 Å². The number of nitrogens with zero attached hydrogens (tertiary/aromatic N) is 1. The molecule has 0 saturated carbocycles. The van der Waals surface area contributed by atoms with Crippen LogP contribution >= 0.6 is 22.9 Å². The van der Waals surface area contributed by atoms with Crippen LogP contribution in [0.1, 0.15) is 46.4 Å². The van der Waals surface area contributed by atoms with Gasteiger partial charge < -0.3 is 10.6 Å². The monoisotopic (exact) mass is 452 g/mol. The largest absolute Gasteiger partial charge is 0.321 e. The number of halogens is 1. The van der Waals surface area contributed by atoms with Crippen molar-refractivity contribution < 1.29 is 9.59 Å². The molecule has 0 fully saturated rings. The summed E-state index contributed by atoms with van der Waals surface area (Å²) >= 11 is 7.12. The number of benzene rings is 2. The summed E-state index contributed by atoms with van der Waals surface area (Å²) < 4.78 is 0. The summed E-state index contributed by atoms with van der Waals surface area (Å²) in [5.74, 6) is -0.0357. The normalized spacial score (nSPS) is 11.5. The molecule has 158 valence electrons. The zero-order valence-corrected chi connectivity index (χ0v) is 18.8. The highest BCUT2D eigenvalue weighted by Crippen LogP contribution is 2.30. The Kier molecular flexibility index (Phi) is 5.56. The standard InChI is InChI=1S/C23H21ClN4O2S/c1-23(2,3)14-6-4-13(5-7-14)20(29)26-19-17-12-18(31-22(17)28-27-19)21(30)25-16-10-8-15(24)9-11-16/h4-12H,1-3H3,(H,25,30)(H2,26,27,28,29). The van der Waals surface area contributed by atoms with Gasteiger partial charge in [-0.05, 0) is 53.4 Å². The molecule has 2 aromatic carbocycles. The molecule has 2 amide bonds. The summed E-state index contributed by atoms with van der Waals surface area (Å²) in [6.45, 7) is 6.38. The van der Waals surface area contributed by atoms with Gasteiger partial charge in [-0.3, -0.25) is 14.7 Å². The molecule has 3 N–H and O–H groups in total. The van der Waals surface area contributed by atoms with Gasteiger partial charge in [0.1, 0.15) is 10.6 Å². The number of thiophene rings is 1. The number of hydrogen-bond donors (Lipinski definition) is 3. The van der Waals surface area contributed by atoms with E-state index in [2.05, 4.69) is 41.6 Å². The number of amides is 2. The number of carbonyl (C=O) groups excluding carboxylic acids is 2. The predicted octanol–water partition coefficient (Wildman–Crippen LogP) is 6.08. The summed E-state index contributed by atoms with van der Waals surface area (Å²) in [6.07, 6.45) is 0. The average molecular weight is 453 g/mol. The van der Waals surface area contributed by atoms with Crippen LogP contribution in [0.25, 0.3) is 10.2 Å². The van der Waals surface area contributed by atoms with Crippen molar-refractivity contribution in [3.8, 4) is 0 Å². The minimum absolute atomic E-state index is 0.0181. The molecule has 2 heterocycles. The second-order valence-electron chi connectivity index (χ2n) is 8.17. The van der Waals surface area contributed by atoms with Crippen molar-refractivity contribution in [1.82, 2.24) is 10.2 Å². The van der Waals surface area contributed by atoms with E-state index in [0.29, 0.717) is 37.2 Å². The van der Waals surface area contributed by atoms with Gasteiger partial charge in [0.15, 0.2) is 0 Å². The molecule has 0 spiro atoms. The first kappa shape index (κ1) is 21.1. The molecule has 0 atom stereocenters. The van der Waals surface area contributed by atoms with Crippen LogP contribution < -0.4 is 10.6 Å². The second kappa shape index (κ2) is 8.17. The average Bonchev–Trinajstić information content (AvgIpc) is 3.31. The van der Waals surface area contributed by atoms with Gasteiger partial charge in [-0.15, -0.1) is 11.3 Å². The van der Waals surface area contributed by atoms with E-state index < -0.39 is 0 Å². The van der Waals surface area contributed by atoms with Crippen LogP contribution in [0.2, 0.25) is 5.02 Å². The van der Waals surface area contributed by atoms with Crippen LogP contribution in [-0.4, -0.2) is 22.0 Å². The zero-order valence-electron chi connectivity index (χ0n) is 17.2. The van der Waals surface area contributed by atoms with Gasteiger partial charge >= 0.3 is 0 Å². The van der Waals surface area contributed by atoms with Crippen molar-refractivity contribution in [2.24, 2.45) is 0 Å². The molecule has 0 radical (unpaired) electrons. The molecule has 0 aliphatic rings. The molecule has 31 heavy (non-hydrogen) atoms. The van der Waals surface area contributed by atoms with Crippen LogP contribution in [0.5, 0.6) is 0 Å². The third kappa shape index (κ3) is 4.62. The Bertz CT molecular complexity index is 1250. The van der Waals surface area contributed by atoms with E-state index in [1.54, 1.807) is 30.3 Å². The van der Waals surface area contributed by atoms with Crippen molar-refractivity contribution in [1.29, 1.82) is 0 Å². The first-order valence-corrected chi connectivity index (χ1v) is 10.9. The molecule has 0 unspecified atom stereocenters. The first-order chi connectivity index (χ1) is 14.7. The van der Waals surface area contributed by atoms with E-state index in [0.717, 1.165) is 5.56 Å². The minimum atomic E-state index is -0.250. The van der Waals surface area contributed by atoms with Crippen LogP contribution in [0.3, 0.4) is 0 Å². The second-order valence-corrected chi connectivity index (χ2v) is 9.64. The lowest BCUT2D eigenvalue weighted by atomic mass is 9.87. The molecule has 2 aromatic heterocycles. The first-order valence-electron chi connectivity index (χ1n) is 9.67. The summed E-state index contributed by atoms with van der Waals surface area (Å²) in [7, 11) is 0. The smallest absolute Gasteiger partial charge is 0.265 e. The Morgan fingerprint density at radius 1 is 0.968 bits per heavy atom. The number of fused-ring (bicyclic) bond motifs is 1. The highest BCUT2D eigenvalue weighted by Gasteiger charge is 2.18. The Morgan fingerprint density at radius 2 is 1.65 bits per heavy atom. The molecule has 8 heteroatoms. The topological polar surface area (TPSA) is 86.9 Å². The van der Waals surface area contributed by atoms with E-state index in [-0.39, 0.29) is 17.2 Å². The van der Waals surface area contributed by atoms with Gasteiger partial charge in [0, 0.05) is 16.3 Å². The maximum atomic E-state index is 12.7. The highest BCUT2D eigenvalue weighted by atomic mass is 35.5. The molecule has 0 bridgehead atoms. The summed E-state index contributed by atoms with van der Waals surface area (Å²) in [5, 5.41) is 14.0. The molecular weight excluding hydrogens is 432 g/mol. The SMILES string of the molecule is CC(C)(C)c1ccc(C(=O)Nc2[nH]nc3sc(C(=O)Nc4ccc(Cl)cc4)cc23)cc1. The molecule has 4 aromatic rings. The van der Waals surface area contributed by atoms with Gasteiger partial charge in [-0.1, -0.05) is 44.5 Å². The van der Waals surface area contributed by atoms with Gasteiger partial charge in [0.05, 0.1) is 10.3 Å². The number of rotatable bonds is 4. The van der Waals surface area contributed by atoms with Crippen molar-refractivity contribution in [2.75, 3.05) is 10.6 Å². The fraction of sp³-hybridized carbons (Fsp3) is 0.174. The lowest BCUT2D eigenvalue weighted by Crippen LogP contribution is -2.14. The minimum Gasteiger partial charge on any atom is -0.321 e. The lowest BCUT2D eigenvalue weighted by Gasteiger charge is -2.19. The van der Waals surface area contributed by atoms with Crippen molar-refractivity contribution in [3.05, 3.63) is 75.6 Å². The van der Waals surface area contributed by atoms with Crippen molar-refractivity contribution in [2.45, 2.75) is 26.2 Å². The Morgan fingerprint density at radius 3 is 2.29 bits per heavy atom. The van der Waals surface area contributed by atoms with Crippen molar-refractivity contribution >= 4 is 56.5 Å². The number of aromatic nitrogens is 2. The Balaban J connectivity index is 1.50. The number of hydrogen-bond acceptors (Lipinski definition) is 4. The molecule has 0 aliphatic heterocycles. The Hall–Kier alpha value is -3.16. The van der Waals surface area contributed by atoms with Gasteiger partial charge in [0.25, 0.3) is 11.8 Å². The van der Waals surface area contributed by atoms with E-state index in [9.17, 15) is 9.59 Å².